The summed E-state index contributed by atoms with van der Waals surface area (Å²) in [4.78, 5) is 0. The third-order valence-corrected chi connectivity index (χ3v) is 5.26. The first kappa shape index (κ1) is 15.3. The van der Waals surface area contributed by atoms with Crippen LogP contribution in [0.4, 0.5) is 0 Å². The molecule has 2 fully saturated rings. The van der Waals surface area contributed by atoms with Gasteiger partial charge in [-0.3, -0.25) is 0 Å². The minimum atomic E-state index is 0.263. The summed E-state index contributed by atoms with van der Waals surface area (Å²) in [6.07, 6.45) is 6.95. The highest BCUT2D eigenvalue weighted by Gasteiger charge is 2.31. The van der Waals surface area contributed by atoms with E-state index in [0.29, 0.717) is 11.5 Å². The first-order valence-electron chi connectivity index (χ1n) is 8.04. The molecule has 0 spiro atoms. The van der Waals surface area contributed by atoms with Gasteiger partial charge >= 0.3 is 0 Å². The molecular formula is C16H31NO2. The molecule has 0 aromatic heterocycles. The van der Waals surface area contributed by atoms with Gasteiger partial charge in [0.25, 0.3) is 0 Å². The molecule has 1 unspecified atom stereocenters. The van der Waals surface area contributed by atoms with E-state index in [-0.39, 0.29) is 6.10 Å². The zero-order valence-electron chi connectivity index (χ0n) is 12.9. The van der Waals surface area contributed by atoms with Crippen molar-refractivity contribution in [2.75, 3.05) is 26.4 Å². The van der Waals surface area contributed by atoms with Gasteiger partial charge in [0, 0.05) is 12.6 Å². The Bertz CT molecular complexity index is 253. The van der Waals surface area contributed by atoms with Crippen LogP contribution in [0, 0.1) is 11.3 Å². The molecule has 0 aromatic rings. The van der Waals surface area contributed by atoms with E-state index >= 15 is 0 Å². The van der Waals surface area contributed by atoms with Gasteiger partial charge in [0.05, 0.1) is 25.9 Å². The summed E-state index contributed by atoms with van der Waals surface area (Å²) in [5.74, 6) is 0.907. The molecule has 1 heterocycles. The highest BCUT2D eigenvalue weighted by atomic mass is 16.6. The van der Waals surface area contributed by atoms with E-state index < -0.39 is 0 Å². The minimum absolute atomic E-state index is 0.263. The highest BCUT2D eigenvalue weighted by Crippen LogP contribution is 2.40. The van der Waals surface area contributed by atoms with Gasteiger partial charge in [0.1, 0.15) is 0 Å². The number of rotatable bonds is 5. The Labute approximate surface area is 118 Å². The molecule has 3 nitrogen and oxygen atoms in total. The van der Waals surface area contributed by atoms with Crippen LogP contribution < -0.4 is 5.32 Å². The average molecular weight is 269 g/mol. The van der Waals surface area contributed by atoms with Crippen LogP contribution in [0.3, 0.4) is 0 Å². The monoisotopic (exact) mass is 269 g/mol. The maximum Gasteiger partial charge on any atom is 0.0933 e. The normalized spacial score (nSPS) is 33.3. The molecule has 1 aliphatic heterocycles. The standard InChI is InChI=1S/C16H31NO2/c1-4-16(2,3)13-5-7-14(8-6-13)17-11-15-12-18-9-10-19-15/h13-15,17H,4-12H2,1-3H3. The van der Waals surface area contributed by atoms with E-state index in [1.165, 1.54) is 32.1 Å². The molecule has 1 N–H and O–H groups in total. The van der Waals surface area contributed by atoms with Gasteiger partial charge in [-0.25, -0.2) is 0 Å². The maximum atomic E-state index is 5.67. The Kier molecular flexibility index (Phi) is 5.67. The van der Waals surface area contributed by atoms with E-state index in [1.807, 2.05) is 0 Å². The molecule has 1 aliphatic carbocycles. The molecule has 2 rings (SSSR count). The first-order valence-corrected chi connectivity index (χ1v) is 8.04. The first-order chi connectivity index (χ1) is 9.12. The molecular weight excluding hydrogens is 238 g/mol. The summed E-state index contributed by atoms with van der Waals surface area (Å²) >= 11 is 0. The van der Waals surface area contributed by atoms with Gasteiger partial charge < -0.3 is 14.8 Å². The van der Waals surface area contributed by atoms with E-state index in [9.17, 15) is 0 Å². The fraction of sp³-hybridized carbons (Fsp3) is 1.00. The van der Waals surface area contributed by atoms with Gasteiger partial charge in [0.2, 0.25) is 0 Å². The van der Waals surface area contributed by atoms with E-state index in [1.54, 1.807) is 0 Å². The van der Waals surface area contributed by atoms with Crippen molar-refractivity contribution < 1.29 is 9.47 Å². The Hall–Kier alpha value is -0.120. The summed E-state index contributed by atoms with van der Waals surface area (Å²) in [6.45, 7) is 10.4. The molecule has 3 heteroatoms. The zero-order chi connectivity index (χ0) is 13.7. The topological polar surface area (TPSA) is 30.5 Å². The maximum absolute atomic E-state index is 5.67. The van der Waals surface area contributed by atoms with Crippen molar-refractivity contribution in [3.05, 3.63) is 0 Å². The van der Waals surface area contributed by atoms with Crippen molar-refractivity contribution in [1.29, 1.82) is 0 Å². The third kappa shape index (κ3) is 4.44. The van der Waals surface area contributed by atoms with Crippen LogP contribution in [0.2, 0.25) is 0 Å². The fourth-order valence-corrected chi connectivity index (χ4v) is 3.32. The van der Waals surface area contributed by atoms with Crippen LogP contribution in [0.1, 0.15) is 52.9 Å². The molecule has 0 aromatic carbocycles. The van der Waals surface area contributed by atoms with Crippen LogP contribution in [0.25, 0.3) is 0 Å². The zero-order valence-corrected chi connectivity index (χ0v) is 12.9. The molecule has 112 valence electrons. The Morgan fingerprint density at radius 2 is 1.84 bits per heavy atom. The highest BCUT2D eigenvalue weighted by molar-refractivity contribution is 4.85. The molecule has 19 heavy (non-hydrogen) atoms. The van der Waals surface area contributed by atoms with Crippen molar-refractivity contribution >= 4 is 0 Å². The molecule has 0 radical (unpaired) electrons. The third-order valence-electron chi connectivity index (χ3n) is 5.26. The Morgan fingerprint density at radius 1 is 1.11 bits per heavy atom. The van der Waals surface area contributed by atoms with Crippen LogP contribution in [0.5, 0.6) is 0 Å². The molecule has 0 amide bonds. The summed E-state index contributed by atoms with van der Waals surface area (Å²) in [5.41, 5.74) is 0.519. The predicted molar refractivity (Wildman–Crippen MR) is 78.4 cm³/mol. The van der Waals surface area contributed by atoms with Gasteiger partial charge in [-0.1, -0.05) is 27.2 Å². The number of nitrogens with one attached hydrogen (secondary N) is 1. The van der Waals surface area contributed by atoms with Crippen LogP contribution in [0.15, 0.2) is 0 Å². The van der Waals surface area contributed by atoms with Gasteiger partial charge in [-0.15, -0.1) is 0 Å². The van der Waals surface area contributed by atoms with Crippen LogP contribution in [-0.4, -0.2) is 38.5 Å². The second kappa shape index (κ2) is 7.05. The number of hydrogen-bond acceptors (Lipinski definition) is 3. The molecule has 1 saturated carbocycles. The second-order valence-corrected chi connectivity index (χ2v) is 6.87. The van der Waals surface area contributed by atoms with Crippen molar-refractivity contribution in [2.45, 2.75) is 65.0 Å². The minimum Gasteiger partial charge on any atom is -0.376 e. The van der Waals surface area contributed by atoms with Gasteiger partial charge in [0.15, 0.2) is 0 Å². The lowest BCUT2D eigenvalue weighted by atomic mass is 9.69. The van der Waals surface area contributed by atoms with Crippen molar-refractivity contribution in [1.82, 2.24) is 5.32 Å². The van der Waals surface area contributed by atoms with Crippen LogP contribution in [-0.2, 0) is 9.47 Å². The van der Waals surface area contributed by atoms with E-state index in [0.717, 1.165) is 32.3 Å². The quantitative estimate of drug-likeness (QED) is 0.832. The van der Waals surface area contributed by atoms with Gasteiger partial charge in [-0.2, -0.15) is 0 Å². The largest absolute Gasteiger partial charge is 0.376 e. The molecule has 1 atom stereocenters. The molecule has 0 bridgehead atoms. The number of ether oxygens (including phenoxy) is 2. The summed E-state index contributed by atoms with van der Waals surface area (Å²) in [7, 11) is 0. The smallest absolute Gasteiger partial charge is 0.0933 e. The van der Waals surface area contributed by atoms with Crippen LogP contribution >= 0.6 is 0 Å². The van der Waals surface area contributed by atoms with Gasteiger partial charge in [-0.05, 0) is 37.0 Å². The fourth-order valence-electron chi connectivity index (χ4n) is 3.32. The SMILES string of the molecule is CCC(C)(C)C1CCC(NCC2COCCO2)CC1. The lowest BCUT2D eigenvalue weighted by molar-refractivity contribution is -0.0874. The summed E-state index contributed by atoms with van der Waals surface area (Å²) in [5, 5.41) is 3.68. The van der Waals surface area contributed by atoms with Crippen molar-refractivity contribution in [3.63, 3.8) is 0 Å². The predicted octanol–water partition coefficient (Wildman–Crippen LogP) is 2.99. The Morgan fingerprint density at radius 3 is 2.42 bits per heavy atom. The summed E-state index contributed by atoms with van der Waals surface area (Å²) in [6, 6.07) is 0.689. The van der Waals surface area contributed by atoms with Crippen molar-refractivity contribution in [2.24, 2.45) is 11.3 Å². The lowest BCUT2D eigenvalue weighted by Gasteiger charge is -2.39. The van der Waals surface area contributed by atoms with E-state index in [2.05, 4.69) is 26.1 Å². The van der Waals surface area contributed by atoms with Crippen molar-refractivity contribution in [3.8, 4) is 0 Å². The lowest BCUT2D eigenvalue weighted by Crippen LogP contribution is -2.43. The summed E-state index contributed by atoms with van der Waals surface area (Å²) < 4.78 is 11.1. The van der Waals surface area contributed by atoms with E-state index in [4.69, 9.17) is 9.47 Å². The molecule has 2 aliphatic rings. The molecule has 1 saturated heterocycles. The Balaban J connectivity index is 1.66. The number of hydrogen-bond donors (Lipinski definition) is 1. The second-order valence-electron chi connectivity index (χ2n) is 6.87. The average Bonchev–Trinajstić information content (AvgIpc) is 2.47.